The summed E-state index contributed by atoms with van der Waals surface area (Å²) in [4.78, 5) is 12.9. The maximum atomic E-state index is 11.3. The van der Waals surface area contributed by atoms with Gasteiger partial charge in [-0.25, -0.2) is 4.68 Å². The molecule has 1 aliphatic heterocycles. The molecule has 2 heterocycles. The fourth-order valence-corrected chi connectivity index (χ4v) is 2.27. The Morgan fingerprint density at radius 2 is 2.28 bits per heavy atom. The lowest BCUT2D eigenvalue weighted by atomic mass is 10.1. The number of aromatic nitrogens is 2. The lowest BCUT2D eigenvalue weighted by Crippen LogP contribution is -2.56. The molecule has 1 saturated heterocycles. The maximum absolute atomic E-state index is 11.3. The summed E-state index contributed by atoms with van der Waals surface area (Å²) in [6.07, 6.45) is 1.49. The van der Waals surface area contributed by atoms with Crippen molar-refractivity contribution in [2.75, 3.05) is 25.0 Å². The van der Waals surface area contributed by atoms with Crippen molar-refractivity contribution in [2.45, 2.75) is 25.8 Å². The molecule has 0 unspecified atom stereocenters. The van der Waals surface area contributed by atoms with Gasteiger partial charge in [0, 0.05) is 27.2 Å². The first-order valence-corrected chi connectivity index (χ1v) is 6.20. The minimum absolute atomic E-state index is 0.161. The van der Waals surface area contributed by atoms with Crippen LogP contribution in [0.2, 0.25) is 0 Å². The second kappa shape index (κ2) is 4.93. The molecule has 7 heteroatoms. The summed E-state index contributed by atoms with van der Waals surface area (Å²) in [5.41, 5.74) is 0.743. The van der Waals surface area contributed by atoms with Gasteiger partial charge in [-0.2, -0.15) is 5.10 Å². The largest absolute Gasteiger partial charge is 0.349 e. The van der Waals surface area contributed by atoms with E-state index < -0.39 is 0 Å². The standard InChI is InChI=1S/C11H19N5O2/c1-4-5-9-10(16(17)18)11(15(3)13-9)14(2)8-6-12-7-8/h8,12H,4-7H2,1-3H3. The second-order valence-electron chi connectivity index (χ2n) is 4.67. The fraction of sp³-hybridized carbons (Fsp3) is 0.727. The molecule has 0 spiro atoms. The van der Waals surface area contributed by atoms with Gasteiger partial charge in [0.25, 0.3) is 0 Å². The van der Waals surface area contributed by atoms with Gasteiger partial charge in [-0.3, -0.25) is 10.1 Å². The summed E-state index contributed by atoms with van der Waals surface area (Å²) in [6.45, 7) is 3.72. The van der Waals surface area contributed by atoms with E-state index in [0.29, 0.717) is 24.0 Å². The first kappa shape index (κ1) is 12.8. The van der Waals surface area contributed by atoms with Gasteiger partial charge in [-0.15, -0.1) is 0 Å². The van der Waals surface area contributed by atoms with Crippen molar-refractivity contribution >= 4 is 11.5 Å². The molecule has 100 valence electrons. The van der Waals surface area contributed by atoms with Gasteiger partial charge in [0.05, 0.1) is 11.0 Å². The zero-order valence-electron chi connectivity index (χ0n) is 11.0. The zero-order chi connectivity index (χ0) is 13.3. The molecule has 0 radical (unpaired) electrons. The van der Waals surface area contributed by atoms with Crippen molar-refractivity contribution < 1.29 is 4.92 Å². The smallest absolute Gasteiger partial charge is 0.334 e. The topological polar surface area (TPSA) is 76.2 Å². The average molecular weight is 253 g/mol. The van der Waals surface area contributed by atoms with Crippen LogP contribution in [0.3, 0.4) is 0 Å². The van der Waals surface area contributed by atoms with Gasteiger partial charge in [0.15, 0.2) is 0 Å². The summed E-state index contributed by atoms with van der Waals surface area (Å²) in [6, 6.07) is 0.313. The van der Waals surface area contributed by atoms with Crippen molar-refractivity contribution in [3.63, 3.8) is 0 Å². The molecule has 0 amide bonds. The van der Waals surface area contributed by atoms with Gasteiger partial charge in [0.2, 0.25) is 5.82 Å². The van der Waals surface area contributed by atoms with E-state index in [0.717, 1.165) is 19.5 Å². The summed E-state index contributed by atoms with van der Waals surface area (Å²) in [7, 11) is 3.66. The Morgan fingerprint density at radius 3 is 2.72 bits per heavy atom. The molecule has 1 aromatic rings. The number of nitro groups is 1. The van der Waals surface area contributed by atoms with Crippen molar-refractivity contribution in [1.29, 1.82) is 0 Å². The van der Waals surface area contributed by atoms with Crippen LogP contribution in [0.25, 0.3) is 0 Å². The highest BCUT2D eigenvalue weighted by Gasteiger charge is 2.33. The van der Waals surface area contributed by atoms with Crippen molar-refractivity contribution in [2.24, 2.45) is 7.05 Å². The lowest BCUT2D eigenvalue weighted by molar-refractivity contribution is -0.384. The number of anilines is 1. The van der Waals surface area contributed by atoms with Crippen molar-refractivity contribution in [1.82, 2.24) is 15.1 Å². The Bertz CT molecular complexity index is 453. The molecule has 1 aliphatic rings. The SMILES string of the molecule is CCCc1nn(C)c(N(C)C2CNC2)c1[N+](=O)[O-]. The quantitative estimate of drug-likeness (QED) is 0.617. The van der Waals surface area contributed by atoms with E-state index in [9.17, 15) is 10.1 Å². The van der Waals surface area contributed by atoms with Crippen LogP contribution in [0.1, 0.15) is 19.0 Å². The van der Waals surface area contributed by atoms with Crippen LogP contribution < -0.4 is 10.2 Å². The molecule has 0 aliphatic carbocycles. The van der Waals surface area contributed by atoms with E-state index in [4.69, 9.17) is 0 Å². The number of hydrogen-bond donors (Lipinski definition) is 1. The highest BCUT2D eigenvalue weighted by molar-refractivity contribution is 5.62. The molecular weight excluding hydrogens is 234 g/mol. The third-order valence-corrected chi connectivity index (χ3v) is 3.37. The number of rotatable bonds is 5. The Labute approximate surface area is 106 Å². The molecule has 18 heavy (non-hydrogen) atoms. The van der Waals surface area contributed by atoms with Gasteiger partial charge in [0.1, 0.15) is 5.69 Å². The number of nitrogens with zero attached hydrogens (tertiary/aromatic N) is 4. The summed E-state index contributed by atoms with van der Waals surface area (Å²) in [5.74, 6) is 0.606. The van der Waals surface area contributed by atoms with Crippen LogP contribution in [-0.4, -0.2) is 40.9 Å². The first-order chi connectivity index (χ1) is 8.56. The molecular formula is C11H19N5O2. The maximum Gasteiger partial charge on any atom is 0.334 e. The summed E-state index contributed by atoms with van der Waals surface area (Å²) >= 11 is 0. The average Bonchev–Trinajstić information content (AvgIpc) is 2.53. The Hall–Kier alpha value is -1.63. The van der Waals surface area contributed by atoms with Crippen LogP contribution in [-0.2, 0) is 13.5 Å². The third kappa shape index (κ3) is 2.05. The van der Waals surface area contributed by atoms with E-state index in [-0.39, 0.29) is 10.6 Å². The first-order valence-electron chi connectivity index (χ1n) is 6.20. The molecule has 0 aromatic carbocycles. The van der Waals surface area contributed by atoms with Crippen molar-refractivity contribution in [3.8, 4) is 0 Å². The predicted octanol–water partition coefficient (Wildman–Crippen LogP) is 0.689. The molecule has 1 aromatic heterocycles. The number of likely N-dealkylation sites (N-methyl/N-ethyl adjacent to an activating group) is 1. The van der Waals surface area contributed by atoms with E-state index in [1.165, 1.54) is 0 Å². The molecule has 0 saturated carbocycles. The highest BCUT2D eigenvalue weighted by Crippen LogP contribution is 2.32. The van der Waals surface area contributed by atoms with Gasteiger partial charge in [-0.1, -0.05) is 13.3 Å². The van der Waals surface area contributed by atoms with Crippen molar-refractivity contribution in [3.05, 3.63) is 15.8 Å². The second-order valence-corrected chi connectivity index (χ2v) is 4.67. The van der Waals surface area contributed by atoms with E-state index in [1.807, 2.05) is 18.9 Å². The monoisotopic (exact) mass is 253 g/mol. The summed E-state index contributed by atoms with van der Waals surface area (Å²) in [5, 5.41) is 18.7. The molecule has 7 nitrogen and oxygen atoms in total. The van der Waals surface area contributed by atoms with Gasteiger partial charge in [-0.05, 0) is 6.42 Å². The van der Waals surface area contributed by atoms with Crippen LogP contribution in [0.15, 0.2) is 0 Å². The Kier molecular flexibility index (Phi) is 3.51. The summed E-state index contributed by atoms with van der Waals surface area (Å²) < 4.78 is 1.63. The van der Waals surface area contributed by atoms with Crippen LogP contribution >= 0.6 is 0 Å². The predicted molar refractivity (Wildman–Crippen MR) is 68.9 cm³/mol. The number of aryl methyl sites for hydroxylation is 2. The molecule has 1 fully saturated rings. The van der Waals surface area contributed by atoms with Gasteiger partial charge >= 0.3 is 5.69 Å². The normalized spacial score (nSPS) is 15.5. The zero-order valence-corrected chi connectivity index (χ0v) is 11.0. The molecule has 0 bridgehead atoms. The molecule has 1 N–H and O–H groups in total. The minimum atomic E-state index is -0.310. The van der Waals surface area contributed by atoms with Crippen LogP contribution in [0, 0.1) is 10.1 Å². The fourth-order valence-electron chi connectivity index (χ4n) is 2.27. The highest BCUT2D eigenvalue weighted by atomic mass is 16.6. The van der Waals surface area contributed by atoms with Gasteiger partial charge < -0.3 is 10.2 Å². The molecule has 2 rings (SSSR count). The Balaban J connectivity index is 2.40. The van der Waals surface area contributed by atoms with Crippen LogP contribution in [0.5, 0.6) is 0 Å². The van der Waals surface area contributed by atoms with E-state index in [1.54, 1.807) is 11.7 Å². The number of nitrogens with one attached hydrogen (secondary N) is 1. The number of hydrogen-bond acceptors (Lipinski definition) is 5. The third-order valence-electron chi connectivity index (χ3n) is 3.37. The Morgan fingerprint density at radius 1 is 1.61 bits per heavy atom. The van der Waals surface area contributed by atoms with E-state index >= 15 is 0 Å². The molecule has 0 atom stereocenters. The lowest BCUT2D eigenvalue weighted by Gasteiger charge is -2.36. The minimum Gasteiger partial charge on any atom is -0.349 e. The van der Waals surface area contributed by atoms with E-state index in [2.05, 4.69) is 10.4 Å². The van der Waals surface area contributed by atoms with Crippen LogP contribution in [0.4, 0.5) is 11.5 Å².